The van der Waals surface area contributed by atoms with Crippen molar-refractivity contribution in [3.8, 4) is 5.75 Å². The lowest BCUT2D eigenvalue weighted by Crippen LogP contribution is -2.33. The highest BCUT2D eigenvalue weighted by atomic mass is 32.1. The van der Waals surface area contributed by atoms with Crippen molar-refractivity contribution in [2.24, 2.45) is 0 Å². The van der Waals surface area contributed by atoms with Crippen molar-refractivity contribution in [3.63, 3.8) is 0 Å². The predicted octanol–water partition coefficient (Wildman–Crippen LogP) is 2.90. The molecule has 1 heterocycles. The Morgan fingerprint density at radius 3 is 2.36 bits per heavy atom. The summed E-state index contributed by atoms with van der Waals surface area (Å²) in [6.07, 6.45) is 1.63. The van der Waals surface area contributed by atoms with E-state index < -0.39 is 5.91 Å². The van der Waals surface area contributed by atoms with Gasteiger partial charge in [-0.15, -0.1) is 0 Å². The average molecular weight is 352 g/mol. The zero-order valence-electron chi connectivity index (χ0n) is 13.8. The fourth-order valence-corrected chi connectivity index (χ4v) is 2.72. The van der Waals surface area contributed by atoms with Gasteiger partial charge in [-0.25, -0.2) is 4.90 Å². The Morgan fingerprint density at radius 2 is 1.76 bits per heavy atom. The van der Waals surface area contributed by atoms with Crippen molar-refractivity contribution in [1.82, 2.24) is 10.2 Å². The van der Waals surface area contributed by atoms with Crippen LogP contribution in [0.4, 0.5) is 0 Å². The summed E-state index contributed by atoms with van der Waals surface area (Å²) in [5.41, 5.74) is 2.46. The number of nitrogens with one attached hydrogen (secondary N) is 1. The molecule has 1 aliphatic rings. The average Bonchev–Trinajstić information content (AvgIpc) is 2.89. The number of rotatable bonds is 3. The van der Waals surface area contributed by atoms with E-state index in [0.717, 1.165) is 11.1 Å². The van der Waals surface area contributed by atoms with E-state index in [4.69, 9.17) is 17.0 Å². The number of thiocarbonyl (C=S) groups is 1. The van der Waals surface area contributed by atoms with E-state index in [1.807, 2.05) is 19.1 Å². The van der Waals surface area contributed by atoms with Gasteiger partial charge in [-0.3, -0.25) is 14.9 Å². The first-order chi connectivity index (χ1) is 12.0. The molecular formula is C19H16N2O3S. The van der Waals surface area contributed by atoms with Crippen LogP contribution >= 0.6 is 12.2 Å². The van der Waals surface area contributed by atoms with E-state index in [-0.39, 0.29) is 16.7 Å². The minimum Gasteiger partial charge on any atom is -0.497 e. The number of aryl methyl sites for hydroxylation is 1. The Hall–Kier alpha value is -2.99. The molecular weight excluding hydrogens is 336 g/mol. The van der Waals surface area contributed by atoms with Crippen LogP contribution in [0.1, 0.15) is 21.5 Å². The lowest BCUT2D eigenvalue weighted by atomic mass is 10.1. The summed E-state index contributed by atoms with van der Waals surface area (Å²) >= 11 is 5.16. The maximum atomic E-state index is 12.8. The number of benzene rings is 2. The molecule has 6 heteroatoms. The molecule has 2 aromatic rings. The first-order valence-electron chi connectivity index (χ1n) is 7.62. The lowest BCUT2D eigenvalue weighted by Gasteiger charge is -2.15. The number of hydrogen-bond donors (Lipinski definition) is 1. The highest BCUT2D eigenvalue weighted by Crippen LogP contribution is 2.21. The molecule has 0 saturated carbocycles. The Kier molecular flexibility index (Phi) is 4.63. The highest BCUT2D eigenvalue weighted by molar-refractivity contribution is 7.80. The fourth-order valence-electron chi connectivity index (χ4n) is 2.44. The van der Waals surface area contributed by atoms with Crippen LogP contribution in [0, 0.1) is 6.92 Å². The molecule has 126 valence electrons. The number of amides is 2. The quantitative estimate of drug-likeness (QED) is 0.682. The maximum Gasteiger partial charge on any atom is 0.274 e. The summed E-state index contributed by atoms with van der Waals surface area (Å²) in [5, 5.41) is 2.61. The van der Waals surface area contributed by atoms with Crippen molar-refractivity contribution >= 4 is 35.2 Å². The molecule has 5 nitrogen and oxygen atoms in total. The third-order valence-electron chi connectivity index (χ3n) is 3.82. The second-order valence-electron chi connectivity index (χ2n) is 5.57. The highest BCUT2D eigenvalue weighted by Gasteiger charge is 2.35. The summed E-state index contributed by atoms with van der Waals surface area (Å²) in [5.74, 6) is -0.0366. The van der Waals surface area contributed by atoms with Gasteiger partial charge in [0.1, 0.15) is 11.4 Å². The molecule has 3 rings (SSSR count). The van der Waals surface area contributed by atoms with Gasteiger partial charge in [0.15, 0.2) is 5.11 Å². The normalized spacial score (nSPS) is 15.4. The second kappa shape index (κ2) is 6.86. The van der Waals surface area contributed by atoms with Crippen molar-refractivity contribution in [2.75, 3.05) is 7.11 Å². The van der Waals surface area contributed by atoms with Crippen LogP contribution in [0.15, 0.2) is 54.2 Å². The molecule has 1 aliphatic heterocycles. The van der Waals surface area contributed by atoms with E-state index in [1.54, 1.807) is 49.6 Å². The largest absolute Gasteiger partial charge is 0.497 e. The Balaban J connectivity index is 1.96. The van der Waals surface area contributed by atoms with E-state index >= 15 is 0 Å². The first-order valence-corrected chi connectivity index (χ1v) is 8.02. The first kappa shape index (κ1) is 16.9. The number of hydrogen-bond acceptors (Lipinski definition) is 4. The van der Waals surface area contributed by atoms with Gasteiger partial charge >= 0.3 is 0 Å². The zero-order valence-corrected chi connectivity index (χ0v) is 14.6. The van der Waals surface area contributed by atoms with Gasteiger partial charge in [0, 0.05) is 5.56 Å². The summed E-state index contributed by atoms with van der Waals surface area (Å²) in [7, 11) is 1.58. The van der Waals surface area contributed by atoms with Crippen LogP contribution in [0.5, 0.6) is 5.75 Å². The number of nitrogens with zero attached hydrogens (tertiary/aromatic N) is 1. The standard InChI is InChI=1S/C19H16N2O3S/c1-12-3-7-14(8-4-12)18(23)21-16(17(22)20-19(21)25)11-13-5-9-15(24-2)10-6-13/h3-11H,1-2H3,(H,20,22,25). The molecule has 0 atom stereocenters. The van der Waals surface area contributed by atoms with Crippen LogP contribution < -0.4 is 10.1 Å². The van der Waals surface area contributed by atoms with Gasteiger partial charge in [0.2, 0.25) is 0 Å². The van der Waals surface area contributed by atoms with E-state index in [2.05, 4.69) is 5.32 Å². The SMILES string of the molecule is COc1ccc(C=C2C(=O)NC(=S)N2C(=O)c2ccc(C)cc2)cc1. The van der Waals surface area contributed by atoms with Crippen molar-refractivity contribution in [2.45, 2.75) is 6.92 Å². The summed E-state index contributed by atoms with van der Waals surface area (Å²) in [4.78, 5) is 26.3. The Morgan fingerprint density at radius 1 is 1.12 bits per heavy atom. The summed E-state index contributed by atoms with van der Waals surface area (Å²) in [6, 6.07) is 14.3. The molecule has 0 radical (unpaired) electrons. The molecule has 0 bridgehead atoms. The third-order valence-corrected chi connectivity index (χ3v) is 4.10. The molecule has 0 aliphatic carbocycles. The van der Waals surface area contributed by atoms with Gasteiger partial charge in [-0.1, -0.05) is 29.8 Å². The number of carbonyl (C=O) groups is 2. The minimum atomic E-state index is -0.402. The van der Waals surface area contributed by atoms with Crippen LogP contribution in [0.3, 0.4) is 0 Å². The van der Waals surface area contributed by atoms with Crippen LogP contribution in [0.2, 0.25) is 0 Å². The second-order valence-corrected chi connectivity index (χ2v) is 5.96. The molecule has 0 unspecified atom stereocenters. The minimum absolute atomic E-state index is 0.0790. The van der Waals surface area contributed by atoms with Crippen LogP contribution in [-0.2, 0) is 4.79 Å². The third kappa shape index (κ3) is 3.44. The van der Waals surface area contributed by atoms with Gasteiger partial charge in [0.05, 0.1) is 7.11 Å². The number of methoxy groups -OCH3 is 1. The molecule has 2 amide bonds. The molecule has 0 spiro atoms. The lowest BCUT2D eigenvalue weighted by molar-refractivity contribution is -0.115. The molecule has 1 N–H and O–H groups in total. The zero-order chi connectivity index (χ0) is 18.0. The predicted molar refractivity (Wildman–Crippen MR) is 99.1 cm³/mol. The summed E-state index contributed by atoms with van der Waals surface area (Å²) < 4.78 is 5.12. The van der Waals surface area contributed by atoms with Crippen molar-refractivity contribution in [3.05, 3.63) is 70.9 Å². The Bertz CT molecular complexity index is 871. The smallest absolute Gasteiger partial charge is 0.274 e. The van der Waals surface area contributed by atoms with Crippen LogP contribution in [-0.4, -0.2) is 28.9 Å². The molecule has 1 saturated heterocycles. The fraction of sp³-hybridized carbons (Fsp3) is 0.105. The van der Waals surface area contributed by atoms with E-state index in [1.165, 1.54) is 4.90 Å². The van der Waals surface area contributed by atoms with Gasteiger partial charge in [-0.2, -0.15) is 0 Å². The van der Waals surface area contributed by atoms with Gasteiger partial charge in [-0.05, 0) is 55.0 Å². The maximum absolute atomic E-state index is 12.8. The van der Waals surface area contributed by atoms with E-state index in [9.17, 15) is 9.59 Å². The van der Waals surface area contributed by atoms with Crippen molar-refractivity contribution < 1.29 is 14.3 Å². The number of ether oxygens (including phenoxy) is 1. The topological polar surface area (TPSA) is 58.6 Å². The number of carbonyl (C=O) groups excluding carboxylic acids is 2. The van der Waals surface area contributed by atoms with Gasteiger partial charge in [0.25, 0.3) is 11.8 Å². The van der Waals surface area contributed by atoms with Crippen LogP contribution in [0.25, 0.3) is 6.08 Å². The molecule has 2 aromatic carbocycles. The Labute approximate surface area is 150 Å². The van der Waals surface area contributed by atoms with E-state index in [0.29, 0.717) is 11.3 Å². The summed E-state index contributed by atoms with van der Waals surface area (Å²) in [6.45, 7) is 1.94. The van der Waals surface area contributed by atoms with Crippen molar-refractivity contribution in [1.29, 1.82) is 0 Å². The molecule has 0 aromatic heterocycles. The molecule has 25 heavy (non-hydrogen) atoms. The van der Waals surface area contributed by atoms with Gasteiger partial charge < -0.3 is 4.74 Å². The molecule has 1 fully saturated rings. The monoisotopic (exact) mass is 352 g/mol.